The first-order valence-electron chi connectivity index (χ1n) is 5.14. The van der Waals surface area contributed by atoms with E-state index in [2.05, 4.69) is 0 Å². The average Bonchev–Trinajstić information content (AvgIpc) is 2.28. The van der Waals surface area contributed by atoms with E-state index in [1.807, 2.05) is 18.2 Å². The first-order valence-corrected chi connectivity index (χ1v) is 5.14. The standard InChI is InChI=1S/C13H14N2O/c14-13(15)8-4-7-11(9-13)12(16)10-5-2-1-3-6-10/h1-8H,9,14-15H2. The third-order valence-electron chi connectivity index (χ3n) is 2.53. The normalized spacial score (nSPS) is 18.0. The summed E-state index contributed by atoms with van der Waals surface area (Å²) in [5.41, 5.74) is 12.0. The highest BCUT2D eigenvalue weighted by Crippen LogP contribution is 2.20. The molecule has 3 heteroatoms. The molecule has 0 fully saturated rings. The van der Waals surface area contributed by atoms with Crippen molar-refractivity contribution in [1.29, 1.82) is 0 Å². The Hall–Kier alpha value is -1.71. The fourth-order valence-electron chi connectivity index (χ4n) is 1.72. The maximum Gasteiger partial charge on any atom is 0.189 e. The highest BCUT2D eigenvalue weighted by atomic mass is 16.1. The molecule has 0 heterocycles. The second kappa shape index (κ2) is 4.04. The zero-order valence-electron chi connectivity index (χ0n) is 8.89. The molecular weight excluding hydrogens is 200 g/mol. The third kappa shape index (κ3) is 2.27. The molecule has 1 aliphatic rings. The number of ketones is 1. The number of allylic oxidation sites excluding steroid dienone is 2. The summed E-state index contributed by atoms with van der Waals surface area (Å²) in [6.07, 6.45) is 5.58. The van der Waals surface area contributed by atoms with Crippen molar-refractivity contribution in [2.24, 2.45) is 11.5 Å². The topological polar surface area (TPSA) is 69.1 Å². The van der Waals surface area contributed by atoms with Crippen LogP contribution in [0.15, 0.2) is 54.1 Å². The Labute approximate surface area is 94.4 Å². The van der Waals surface area contributed by atoms with Crippen LogP contribution in [0.4, 0.5) is 0 Å². The molecule has 0 spiro atoms. The van der Waals surface area contributed by atoms with Gasteiger partial charge in [-0.2, -0.15) is 0 Å². The SMILES string of the molecule is NC1(N)C=CC=C(C(=O)c2ccccc2)C1. The summed E-state index contributed by atoms with van der Waals surface area (Å²) < 4.78 is 0. The lowest BCUT2D eigenvalue weighted by atomic mass is 9.90. The van der Waals surface area contributed by atoms with Crippen LogP contribution >= 0.6 is 0 Å². The van der Waals surface area contributed by atoms with Crippen molar-refractivity contribution < 1.29 is 4.79 Å². The molecule has 0 bridgehead atoms. The fourth-order valence-corrected chi connectivity index (χ4v) is 1.72. The molecule has 16 heavy (non-hydrogen) atoms. The summed E-state index contributed by atoms with van der Waals surface area (Å²) in [7, 11) is 0. The number of rotatable bonds is 2. The molecule has 0 radical (unpaired) electrons. The minimum absolute atomic E-state index is 0.00905. The molecule has 4 N–H and O–H groups in total. The Balaban J connectivity index is 2.25. The van der Waals surface area contributed by atoms with Gasteiger partial charge in [-0.25, -0.2) is 0 Å². The maximum atomic E-state index is 12.1. The average molecular weight is 214 g/mol. The van der Waals surface area contributed by atoms with Gasteiger partial charge in [-0.3, -0.25) is 4.79 Å². The van der Waals surface area contributed by atoms with E-state index in [1.54, 1.807) is 30.4 Å². The Morgan fingerprint density at radius 3 is 2.50 bits per heavy atom. The van der Waals surface area contributed by atoms with Gasteiger partial charge in [-0.05, 0) is 0 Å². The lowest BCUT2D eigenvalue weighted by Crippen LogP contribution is -2.48. The number of carbonyl (C=O) groups excluding carboxylic acids is 1. The summed E-state index contributed by atoms with van der Waals surface area (Å²) in [5, 5.41) is 0. The second-order valence-electron chi connectivity index (χ2n) is 4.04. The number of carbonyl (C=O) groups is 1. The fraction of sp³-hybridized carbons (Fsp3) is 0.154. The van der Waals surface area contributed by atoms with Crippen molar-refractivity contribution >= 4 is 5.78 Å². The van der Waals surface area contributed by atoms with Crippen LogP contribution in [-0.2, 0) is 0 Å². The van der Waals surface area contributed by atoms with Crippen molar-refractivity contribution in [3.63, 3.8) is 0 Å². The molecule has 0 saturated carbocycles. The van der Waals surface area contributed by atoms with Gasteiger partial charge in [0.1, 0.15) is 0 Å². The molecule has 82 valence electrons. The maximum absolute atomic E-state index is 12.1. The van der Waals surface area contributed by atoms with Crippen LogP contribution < -0.4 is 11.5 Å². The molecule has 3 nitrogen and oxygen atoms in total. The van der Waals surface area contributed by atoms with Gasteiger partial charge in [0.15, 0.2) is 5.78 Å². The molecule has 0 atom stereocenters. The predicted molar refractivity (Wildman–Crippen MR) is 63.7 cm³/mol. The van der Waals surface area contributed by atoms with Crippen molar-refractivity contribution in [1.82, 2.24) is 0 Å². The number of hydrogen-bond donors (Lipinski definition) is 2. The molecule has 0 aliphatic heterocycles. The Morgan fingerprint density at radius 2 is 1.88 bits per heavy atom. The van der Waals surface area contributed by atoms with E-state index < -0.39 is 5.66 Å². The van der Waals surface area contributed by atoms with Crippen LogP contribution in [0.2, 0.25) is 0 Å². The van der Waals surface area contributed by atoms with E-state index >= 15 is 0 Å². The predicted octanol–water partition coefficient (Wildman–Crippen LogP) is 1.37. The van der Waals surface area contributed by atoms with E-state index in [0.717, 1.165) is 0 Å². The summed E-state index contributed by atoms with van der Waals surface area (Å²) in [6.45, 7) is 0. The number of Topliss-reactive ketones (excluding diaryl/α,β-unsaturated/α-hetero) is 1. The molecule has 0 amide bonds. The Kier molecular flexibility index (Phi) is 2.73. The van der Waals surface area contributed by atoms with Crippen LogP contribution in [0.1, 0.15) is 16.8 Å². The molecular formula is C13H14N2O. The van der Waals surface area contributed by atoms with Crippen LogP contribution in [-0.4, -0.2) is 11.4 Å². The first kappa shape index (κ1) is 10.8. The van der Waals surface area contributed by atoms with Crippen molar-refractivity contribution in [2.75, 3.05) is 0 Å². The van der Waals surface area contributed by atoms with E-state index in [1.165, 1.54) is 0 Å². The van der Waals surface area contributed by atoms with Crippen LogP contribution in [0.5, 0.6) is 0 Å². The monoisotopic (exact) mass is 214 g/mol. The summed E-state index contributed by atoms with van der Waals surface area (Å²) in [5.74, 6) is -0.00905. The molecule has 0 unspecified atom stereocenters. The highest BCUT2D eigenvalue weighted by Gasteiger charge is 2.24. The first-order chi connectivity index (χ1) is 7.58. The largest absolute Gasteiger partial charge is 0.310 e. The zero-order chi connectivity index (χ0) is 11.6. The highest BCUT2D eigenvalue weighted by molar-refractivity contribution is 6.09. The number of hydrogen-bond acceptors (Lipinski definition) is 3. The van der Waals surface area contributed by atoms with Gasteiger partial charge in [0.05, 0.1) is 5.66 Å². The number of nitrogens with two attached hydrogens (primary N) is 2. The van der Waals surface area contributed by atoms with Crippen LogP contribution in [0.25, 0.3) is 0 Å². The Morgan fingerprint density at radius 1 is 1.19 bits per heavy atom. The van der Waals surface area contributed by atoms with Crippen molar-refractivity contribution in [3.05, 3.63) is 59.7 Å². The van der Waals surface area contributed by atoms with Gasteiger partial charge in [-0.15, -0.1) is 0 Å². The second-order valence-corrected chi connectivity index (χ2v) is 4.04. The van der Waals surface area contributed by atoms with E-state index in [0.29, 0.717) is 17.6 Å². The number of benzene rings is 1. The molecule has 1 aromatic carbocycles. The quantitative estimate of drug-likeness (QED) is 0.577. The van der Waals surface area contributed by atoms with E-state index in [9.17, 15) is 4.79 Å². The molecule has 1 aromatic rings. The van der Waals surface area contributed by atoms with Gasteiger partial charge < -0.3 is 11.5 Å². The van der Waals surface area contributed by atoms with Gasteiger partial charge in [0.25, 0.3) is 0 Å². The minimum Gasteiger partial charge on any atom is -0.310 e. The van der Waals surface area contributed by atoms with E-state index in [-0.39, 0.29) is 5.78 Å². The Bertz CT molecular complexity index is 458. The third-order valence-corrected chi connectivity index (χ3v) is 2.53. The van der Waals surface area contributed by atoms with Crippen molar-refractivity contribution in [2.45, 2.75) is 12.1 Å². The summed E-state index contributed by atoms with van der Waals surface area (Å²) >= 11 is 0. The van der Waals surface area contributed by atoms with Gasteiger partial charge in [-0.1, -0.05) is 48.6 Å². The van der Waals surface area contributed by atoms with Gasteiger partial charge >= 0.3 is 0 Å². The van der Waals surface area contributed by atoms with Crippen LogP contribution in [0, 0.1) is 0 Å². The molecule has 0 aromatic heterocycles. The lowest BCUT2D eigenvalue weighted by Gasteiger charge is -2.24. The van der Waals surface area contributed by atoms with Gasteiger partial charge in [0, 0.05) is 17.6 Å². The molecule has 1 aliphatic carbocycles. The smallest absolute Gasteiger partial charge is 0.189 e. The van der Waals surface area contributed by atoms with E-state index in [4.69, 9.17) is 11.5 Å². The minimum atomic E-state index is -0.908. The zero-order valence-corrected chi connectivity index (χ0v) is 8.89. The molecule has 0 saturated heterocycles. The lowest BCUT2D eigenvalue weighted by molar-refractivity contribution is 0.102. The molecule has 2 rings (SSSR count). The van der Waals surface area contributed by atoms with Crippen LogP contribution in [0.3, 0.4) is 0 Å². The summed E-state index contributed by atoms with van der Waals surface area (Å²) in [6, 6.07) is 9.13. The van der Waals surface area contributed by atoms with Crippen molar-refractivity contribution in [3.8, 4) is 0 Å². The summed E-state index contributed by atoms with van der Waals surface area (Å²) in [4.78, 5) is 12.1. The van der Waals surface area contributed by atoms with Gasteiger partial charge in [0.2, 0.25) is 0 Å².